The molecule has 0 bridgehead atoms. The largest absolute Gasteiger partial charge is 0.484 e. The molecule has 0 saturated heterocycles. The molecule has 1 amide bonds. The number of nitrogens with zero attached hydrogens (tertiary/aromatic N) is 1. The molecular weight excluding hydrogens is 304 g/mol. The molecule has 6 heteroatoms. The van der Waals surface area contributed by atoms with Gasteiger partial charge in [0.1, 0.15) is 5.75 Å². The lowest BCUT2D eigenvalue weighted by Crippen LogP contribution is -2.32. The summed E-state index contributed by atoms with van der Waals surface area (Å²) in [6.45, 7) is 8.89. The fourth-order valence-corrected chi connectivity index (χ4v) is 1.95. The molecule has 0 aromatic heterocycles. The van der Waals surface area contributed by atoms with Crippen LogP contribution < -0.4 is 10.1 Å². The van der Waals surface area contributed by atoms with Gasteiger partial charge in [0.05, 0.1) is 13.2 Å². The van der Waals surface area contributed by atoms with Crippen molar-refractivity contribution in [3.63, 3.8) is 0 Å². The molecule has 1 aromatic carbocycles. The molecule has 0 aliphatic heterocycles. The van der Waals surface area contributed by atoms with Gasteiger partial charge in [-0.25, -0.2) is 0 Å². The Bertz CT molecular complexity index is 422. The number of likely N-dealkylation sites (N-methyl/N-ethyl adjacent to an activating group) is 1. The molecule has 1 rings (SSSR count). The number of halogens is 1. The number of carbonyl (C=O) groups is 1. The van der Waals surface area contributed by atoms with Crippen molar-refractivity contribution in [3.05, 3.63) is 29.3 Å². The minimum atomic E-state index is -0.165. The Hall–Kier alpha value is -1.30. The molecule has 0 heterocycles. The molecule has 5 nitrogen and oxygen atoms in total. The lowest BCUT2D eigenvalue weighted by molar-refractivity contribution is -0.123. The third-order valence-corrected chi connectivity index (χ3v) is 3.45. The van der Waals surface area contributed by atoms with E-state index in [1.165, 1.54) is 0 Å². The Morgan fingerprint density at radius 1 is 1.18 bits per heavy atom. The average Bonchev–Trinajstić information content (AvgIpc) is 2.54. The number of ether oxygens (including phenoxy) is 2. The van der Waals surface area contributed by atoms with Gasteiger partial charge in [0.25, 0.3) is 5.91 Å². The van der Waals surface area contributed by atoms with Crippen molar-refractivity contribution in [2.75, 3.05) is 46.0 Å². The summed E-state index contributed by atoms with van der Waals surface area (Å²) in [6.07, 6.45) is 0. The van der Waals surface area contributed by atoms with E-state index in [9.17, 15) is 4.79 Å². The molecule has 0 fully saturated rings. The topological polar surface area (TPSA) is 50.8 Å². The summed E-state index contributed by atoms with van der Waals surface area (Å²) in [5.74, 6) is 0.456. The van der Waals surface area contributed by atoms with Gasteiger partial charge in [-0.2, -0.15) is 0 Å². The van der Waals surface area contributed by atoms with Gasteiger partial charge in [0.2, 0.25) is 0 Å². The summed E-state index contributed by atoms with van der Waals surface area (Å²) >= 11 is 5.77. The molecular formula is C16H25ClN2O3. The highest BCUT2D eigenvalue weighted by molar-refractivity contribution is 6.30. The molecule has 1 aromatic rings. The average molecular weight is 329 g/mol. The van der Waals surface area contributed by atoms with Gasteiger partial charge in [-0.15, -0.1) is 0 Å². The zero-order valence-corrected chi connectivity index (χ0v) is 14.1. The van der Waals surface area contributed by atoms with Crippen molar-refractivity contribution < 1.29 is 14.3 Å². The highest BCUT2D eigenvalue weighted by atomic mass is 35.5. The van der Waals surface area contributed by atoms with Crippen molar-refractivity contribution in [2.24, 2.45) is 0 Å². The number of hydrogen-bond acceptors (Lipinski definition) is 4. The van der Waals surface area contributed by atoms with E-state index in [0.717, 1.165) is 19.6 Å². The van der Waals surface area contributed by atoms with E-state index in [1.54, 1.807) is 24.3 Å². The van der Waals surface area contributed by atoms with Crippen LogP contribution in [-0.2, 0) is 9.53 Å². The van der Waals surface area contributed by atoms with Crippen molar-refractivity contribution in [1.82, 2.24) is 10.2 Å². The predicted molar refractivity (Wildman–Crippen MR) is 88.6 cm³/mol. The van der Waals surface area contributed by atoms with E-state index in [1.807, 2.05) is 0 Å². The Kier molecular flexibility index (Phi) is 9.62. The molecule has 0 atom stereocenters. The van der Waals surface area contributed by atoms with Crippen molar-refractivity contribution in [2.45, 2.75) is 13.8 Å². The standard InChI is InChI=1S/C16H25ClN2O3/c1-3-19(4-2)10-12-21-11-9-18-16(20)13-22-15-7-5-14(17)6-8-15/h5-8H,3-4,9-13H2,1-2H3,(H,18,20). The van der Waals surface area contributed by atoms with Crippen LogP contribution in [0, 0.1) is 0 Å². The second-order valence-electron chi connectivity index (χ2n) is 4.73. The Morgan fingerprint density at radius 2 is 1.86 bits per heavy atom. The summed E-state index contributed by atoms with van der Waals surface area (Å²) < 4.78 is 10.8. The van der Waals surface area contributed by atoms with Crippen molar-refractivity contribution in [3.8, 4) is 5.75 Å². The summed E-state index contributed by atoms with van der Waals surface area (Å²) in [5, 5.41) is 3.39. The number of carbonyl (C=O) groups excluding carboxylic acids is 1. The minimum absolute atomic E-state index is 0.0128. The number of benzene rings is 1. The molecule has 124 valence electrons. The zero-order chi connectivity index (χ0) is 16.2. The van der Waals surface area contributed by atoms with Gasteiger partial charge in [-0.1, -0.05) is 25.4 Å². The van der Waals surface area contributed by atoms with Crippen LogP contribution in [-0.4, -0.2) is 56.8 Å². The Balaban J connectivity index is 2.03. The lowest BCUT2D eigenvalue weighted by atomic mass is 10.3. The monoisotopic (exact) mass is 328 g/mol. The maximum atomic E-state index is 11.6. The molecule has 0 aliphatic rings. The molecule has 0 aliphatic carbocycles. The number of hydrogen-bond donors (Lipinski definition) is 1. The molecule has 22 heavy (non-hydrogen) atoms. The molecule has 0 saturated carbocycles. The van der Waals surface area contributed by atoms with Crippen LogP contribution in [0.15, 0.2) is 24.3 Å². The third kappa shape index (κ3) is 8.22. The van der Waals surface area contributed by atoms with Crippen LogP contribution >= 0.6 is 11.6 Å². The second kappa shape index (κ2) is 11.3. The first-order chi connectivity index (χ1) is 10.7. The predicted octanol–water partition coefficient (Wildman–Crippen LogP) is 2.19. The molecule has 0 spiro atoms. The van der Waals surface area contributed by atoms with E-state index in [0.29, 0.717) is 30.5 Å². The Labute approximate surface area is 137 Å². The van der Waals surface area contributed by atoms with E-state index in [4.69, 9.17) is 21.1 Å². The summed E-state index contributed by atoms with van der Waals surface area (Å²) in [4.78, 5) is 13.9. The quantitative estimate of drug-likeness (QED) is 0.633. The Morgan fingerprint density at radius 3 is 2.50 bits per heavy atom. The number of amides is 1. The zero-order valence-electron chi connectivity index (χ0n) is 13.3. The first-order valence-corrected chi connectivity index (χ1v) is 7.98. The van der Waals surface area contributed by atoms with Crippen LogP contribution in [0.5, 0.6) is 5.75 Å². The third-order valence-electron chi connectivity index (χ3n) is 3.20. The van der Waals surface area contributed by atoms with Gasteiger partial charge >= 0.3 is 0 Å². The maximum Gasteiger partial charge on any atom is 0.258 e. The van der Waals surface area contributed by atoms with Crippen LogP contribution in [0.3, 0.4) is 0 Å². The number of rotatable bonds is 11. The van der Waals surface area contributed by atoms with Crippen LogP contribution in [0.25, 0.3) is 0 Å². The first-order valence-electron chi connectivity index (χ1n) is 7.60. The summed E-state index contributed by atoms with van der Waals surface area (Å²) in [7, 11) is 0. The van der Waals surface area contributed by atoms with Crippen LogP contribution in [0.1, 0.15) is 13.8 Å². The summed E-state index contributed by atoms with van der Waals surface area (Å²) in [5.41, 5.74) is 0. The van der Waals surface area contributed by atoms with Crippen molar-refractivity contribution in [1.29, 1.82) is 0 Å². The van der Waals surface area contributed by atoms with Gasteiger partial charge < -0.3 is 19.7 Å². The first kappa shape index (κ1) is 18.7. The molecule has 0 radical (unpaired) electrons. The molecule has 1 N–H and O–H groups in total. The van der Waals surface area contributed by atoms with E-state index < -0.39 is 0 Å². The SMILES string of the molecule is CCN(CC)CCOCCNC(=O)COc1ccc(Cl)cc1. The summed E-state index contributed by atoms with van der Waals surface area (Å²) in [6, 6.07) is 6.90. The fraction of sp³-hybridized carbons (Fsp3) is 0.562. The van der Waals surface area contributed by atoms with Crippen LogP contribution in [0.2, 0.25) is 5.02 Å². The minimum Gasteiger partial charge on any atom is -0.484 e. The highest BCUT2D eigenvalue weighted by Gasteiger charge is 2.03. The van der Waals surface area contributed by atoms with E-state index >= 15 is 0 Å². The maximum absolute atomic E-state index is 11.6. The van der Waals surface area contributed by atoms with E-state index in [-0.39, 0.29) is 12.5 Å². The molecule has 0 unspecified atom stereocenters. The van der Waals surface area contributed by atoms with Gasteiger partial charge in [0.15, 0.2) is 6.61 Å². The smallest absolute Gasteiger partial charge is 0.258 e. The second-order valence-corrected chi connectivity index (χ2v) is 5.17. The van der Waals surface area contributed by atoms with Crippen LogP contribution in [0.4, 0.5) is 0 Å². The lowest BCUT2D eigenvalue weighted by Gasteiger charge is -2.17. The van der Waals surface area contributed by atoms with Gasteiger partial charge in [-0.05, 0) is 37.4 Å². The van der Waals surface area contributed by atoms with Gasteiger partial charge in [-0.3, -0.25) is 4.79 Å². The number of nitrogens with one attached hydrogen (secondary N) is 1. The fourth-order valence-electron chi connectivity index (χ4n) is 1.83. The highest BCUT2D eigenvalue weighted by Crippen LogP contribution is 2.15. The normalized spacial score (nSPS) is 10.7. The van der Waals surface area contributed by atoms with Gasteiger partial charge in [0, 0.05) is 18.1 Å². The van der Waals surface area contributed by atoms with Crippen molar-refractivity contribution >= 4 is 17.5 Å². The van der Waals surface area contributed by atoms with E-state index in [2.05, 4.69) is 24.1 Å².